The van der Waals surface area contributed by atoms with Crippen LogP contribution in [0.5, 0.6) is 5.75 Å². The first-order chi connectivity index (χ1) is 10.3. The van der Waals surface area contributed by atoms with E-state index >= 15 is 0 Å². The van der Waals surface area contributed by atoms with Crippen LogP contribution in [0.1, 0.15) is 0 Å². The molecule has 111 valence electrons. The summed E-state index contributed by atoms with van der Waals surface area (Å²) in [6, 6.07) is 8.99. The van der Waals surface area contributed by atoms with Crippen LogP contribution < -0.4 is 4.74 Å². The molecule has 1 aliphatic rings. The van der Waals surface area contributed by atoms with Gasteiger partial charge in [-0.2, -0.15) is 5.10 Å². The van der Waals surface area contributed by atoms with Gasteiger partial charge in [0, 0.05) is 38.4 Å². The minimum absolute atomic E-state index is 0.685. The zero-order valence-electron chi connectivity index (χ0n) is 12.3. The molecule has 0 bridgehead atoms. The third-order valence-electron chi connectivity index (χ3n) is 3.58. The maximum Gasteiger partial charge on any atom is 0.120 e. The molecular weight excluding hydrogens is 266 g/mol. The normalized spacial score (nSPS) is 16.0. The zero-order valence-corrected chi connectivity index (χ0v) is 12.3. The lowest BCUT2D eigenvalue weighted by Crippen LogP contribution is -2.38. The quantitative estimate of drug-likeness (QED) is 0.837. The zero-order chi connectivity index (χ0) is 14.5. The lowest BCUT2D eigenvalue weighted by Gasteiger charge is -2.26. The second-order valence-corrected chi connectivity index (χ2v) is 5.16. The van der Waals surface area contributed by atoms with Crippen molar-refractivity contribution in [2.24, 2.45) is 7.05 Å². The van der Waals surface area contributed by atoms with Crippen LogP contribution in [0.15, 0.2) is 30.6 Å². The SMILES string of the molecule is Cn1cc(-c2c[c]cc(OCCN3CCOCC3)c2)cn1. The summed E-state index contributed by atoms with van der Waals surface area (Å²) in [6.07, 6.45) is 3.83. The van der Waals surface area contributed by atoms with Gasteiger partial charge in [-0.3, -0.25) is 9.58 Å². The van der Waals surface area contributed by atoms with Gasteiger partial charge in [0.25, 0.3) is 0 Å². The number of hydrogen-bond donors (Lipinski definition) is 0. The molecular formula is C16H20N3O2. The molecule has 5 heteroatoms. The average Bonchev–Trinajstić information content (AvgIpc) is 2.95. The van der Waals surface area contributed by atoms with Gasteiger partial charge < -0.3 is 9.47 Å². The highest BCUT2D eigenvalue weighted by Crippen LogP contribution is 2.22. The number of ether oxygens (including phenoxy) is 2. The Balaban J connectivity index is 1.56. The summed E-state index contributed by atoms with van der Waals surface area (Å²) in [5, 5.41) is 4.19. The van der Waals surface area contributed by atoms with E-state index in [1.54, 1.807) is 4.68 Å². The van der Waals surface area contributed by atoms with Crippen molar-refractivity contribution in [1.82, 2.24) is 14.7 Å². The van der Waals surface area contributed by atoms with Crippen LogP contribution in [-0.2, 0) is 11.8 Å². The second-order valence-electron chi connectivity index (χ2n) is 5.16. The van der Waals surface area contributed by atoms with Crippen LogP contribution in [0.25, 0.3) is 11.1 Å². The molecule has 0 saturated carbocycles. The lowest BCUT2D eigenvalue weighted by molar-refractivity contribution is 0.0322. The Morgan fingerprint density at radius 1 is 1.29 bits per heavy atom. The van der Waals surface area contributed by atoms with Crippen molar-refractivity contribution in [2.75, 3.05) is 39.5 Å². The third kappa shape index (κ3) is 3.83. The van der Waals surface area contributed by atoms with Gasteiger partial charge in [0.1, 0.15) is 12.4 Å². The van der Waals surface area contributed by atoms with Crippen LogP contribution in [0.3, 0.4) is 0 Å². The highest BCUT2D eigenvalue weighted by atomic mass is 16.5. The van der Waals surface area contributed by atoms with E-state index in [2.05, 4.69) is 16.1 Å². The molecule has 1 radical (unpaired) electrons. The third-order valence-corrected chi connectivity index (χ3v) is 3.58. The lowest BCUT2D eigenvalue weighted by atomic mass is 10.1. The maximum atomic E-state index is 5.84. The Morgan fingerprint density at radius 2 is 2.14 bits per heavy atom. The number of morpholine rings is 1. The Hall–Kier alpha value is -1.85. The fourth-order valence-electron chi connectivity index (χ4n) is 2.39. The molecule has 1 fully saturated rings. The molecule has 1 saturated heterocycles. The van der Waals surface area contributed by atoms with Crippen molar-refractivity contribution >= 4 is 0 Å². The number of benzene rings is 1. The van der Waals surface area contributed by atoms with E-state index in [0.717, 1.165) is 49.7 Å². The molecule has 0 amide bonds. The highest BCUT2D eigenvalue weighted by molar-refractivity contribution is 5.63. The fourth-order valence-corrected chi connectivity index (χ4v) is 2.39. The predicted molar refractivity (Wildman–Crippen MR) is 80.2 cm³/mol. The predicted octanol–water partition coefficient (Wildman–Crippen LogP) is 1.60. The monoisotopic (exact) mass is 286 g/mol. The second kappa shape index (κ2) is 6.74. The number of hydrogen-bond acceptors (Lipinski definition) is 4. The first-order valence-electron chi connectivity index (χ1n) is 7.24. The summed E-state index contributed by atoms with van der Waals surface area (Å²) < 4.78 is 13.0. The molecule has 3 rings (SSSR count). The molecule has 2 heterocycles. The van der Waals surface area contributed by atoms with Gasteiger partial charge in [-0.25, -0.2) is 0 Å². The summed E-state index contributed by atoms with van der Waals surface area (Å²) >= 11 is 0. The van der Waals surface area contributed by atoms with Gasteiger partial charge in [0.2, 0.25) is 0 Å². The highest BCUT2D eigenvalue weighted by Gasteiger charge is 2.10. The molecule has 21 heavy (non-hydrogen) atoms. The van der Waals surface area contributed by atoms with Crippen molar-refractivity contribution < 1.29 is 9.47 Å². The van der Waals surface area contributed by atoms with Crippen molar-refractivity contribution in [3.63, 3.8) is 0 Å². The minimum Gasteiger partial charge on any atom is -0.492 e. The molecule has 2 aromatic rings. The number of aryl methyl sites for hydroxylation is 1. The molecule has 0 N–H and O–H groups in total. The molecule has 1 aromatic heterocycles. The smallest absolute Gasteiger partial charge is 0.120 e. The van der Waals surface area contributed by atoms with E-state index in [-0.39, 0.29) is 0 Å². The van der Waals surface area contributed by atoms with Crippen LogP contribution in [-0.4, -0.2) is 54.1 Å². The van der Waals surface area contributed by atoms with Crippen LogP contribution in [0, 0.1) is 6.07 Å². The first-order valence-corrected chi connectivity index (χ1v) is 7.24. The first kappa shape index (κ1) is 14.1. The van der Waals surface area contributed by atoms with Crippen LogP contribution in [0.4, 0.5) is 0 Å². The summed E-state index contributed by atoms with van der Waals surface area (Å²) in [5.41, 5.74) is 2.15. The summed E-state index contributed by atoms with van der Waals surface area (Å²) in [5.74, 6) is 0.851. The van der Waals surface area contributed by atoms with Crippen LogP contribution in [0.2, 0.25) is 0 Å². The van der Waals surface area contributed by atoms with Gasteiger partial charge >= 0.3 is 0 Å². The molecule has 0 spiro atoms. The number of nitrogens with zero attached hydrogens (tertiary/aromatic N) is 3. The molecule has 0 atom stereocenters. The number of aromatic nitrogens is 2. The Labute approximate surface area is 125 Å². The number of rotatable bonds is 5. The standard InChI is InChI=1S/C16H20N3O2/c1-18-13-15(12-17-18)14-3-2-4-16(11-14)21-10-7-19-5-8-20-9-6-19/h3-4,11-13H,5-10H2,1H3. The molecule has 1 aromatic carbocycles. The summed E-state index contributed by atoms with van der Waals surface area (Å²) in [4.78, 5) is 2.36. The fraction of sp³-hybridized carbons (Fsp3) is 0.438. The van der Waals surface area contributed by atoms with Gasteiger partial charge in [-0.1, -0.05) is 0 Å². The Morgan fingerprint density at radius 3 is 2.90 bits per heavy atom. The molecule has 5 nitrogen and oxygen atoms in total. The summed E-state index contributed by atoms with van der Waals surface area (Å²) in [7, 11) is 1.91. The minimum atomic E-state index is 0.685. The molecule has 0 unspecified atom stereocenters. The van der Waals surface area contributed by atoms with Crippen molar-refractivity contribution in [3.8, 4) is 16.9 Å². The topological polar surface area (TPSA) is 39.5 Å². The summed E-state index contributed by atoms with van der Waals surface area (Å²) in [6.45, 7) is 5.25. The maximum absolute atomic E-state index is 5.84. The van der Waals surface area contributed by atoms with Crippen molar-refractivity contribution in [3.05, 3.63) is 36.7 Å². The molecule has 1 aliphatic heterocycles. The van der Waals surface area contributed by atoms with E-state index < -0.39 is 0 Å². The van der Waals surface area contributed by atoms with Gasteiger partial charge in [-0.05, 0) is 29.8 Å². The van der Waals surface area contributed by atoms with Crippen molar-refractivity contribution in [1.29, 1.82) is 0 Å². The largest absolute Gasteiger partial charge is 0.492 e. The van der Waals surface area contributed by atoms with Gasteiger partial charge in [0.15, 0.2) is 0 Å². The van der Waals surface area contributed by atoms with E-state index in [4.69, 9.17) is 9.47 Å². The average molecular weight is 286 g/mol. The van der Waals surface area contributed by atoms with E-state index in [9.17, 15) is 0 Å². The Bertz CT molecular complexity index is 576. The van der Waals surface area contributed by atoms with E-state index in [1.807, 2.05) is 37.6 Å². The van der Waals surface area contributed by atoms with Crippen molar-refractivity contribution in [2.45, 2.75) is 0 Å². The molecule has 0 aliphatic carbocycles. The van der Waals surface area contributed by atoms with Gasteiger partial charge in [-0.15, -0.1) is 0 Å². The van der Waals surface area contributed by atoms with E-state index in [0.29, 0.717) is 6.61 Å². The Kier molecular flexibility index (Phi) is 4.52. The van der Waals surface area contributed by atoms with Gasteiger partial charge in [0.05, 0.1) is 19.4 Å². The van der Waals surface area contributed by atoms with E-state index in [1.165, 1.54) is 0 Å². The van der Waals surface area contributed by atoms with Crippen LogP contribution >= 0.6 is 0 Å².